The predicted octanol–water partition coefficient (Wildman–Crippen LogP) is 3.53. The molecule has 0 spiro atoms. The van der Waals surface area contributed by atoms with Gasteiger partial charge in [0.05, 0.1) is 43.4 Å². The number of hydrogen-bond donors (Lipinski definition) is 2. The number of carbonyl (C=O) groups is 2. The molecule has 192 valence electrons. The number of carbonyl (C=O) groups excluding carboxylic acids is 2. The van der Waals surface area contributed by atoms with Gasteiger partial charge in [0.15, 0.2) is 0 Å². The molecule has 4 atom stereocenters. The summed E-state index contributed by atoms with van der Waals surface area (Å²) >= 11 is 0. The molecular weight excluding hydrogens is 470 g/mol. The first-order valence-corrected chi connectivity index (χ1v) is 12.6. The van der Waals surface area contributed by atoms with Gasteiger partial charge < -0.3 is 24.8 Å². The Morgan fingerprint density at radius 2 is 1.76 bits per heavy atom. The average molecular weight is 502 g/mol. The number of benzene rings is 2. The maximum Gasteiger partial charge on any atom is 0.255 e. The largest absolute Gasteiger partial charge is 0.389 e. The van der Waals surface area contributed by atoms with Gasteiger partial charge in [-0.3, -0.25) is 14.6 Å². The van der Waals surface area contributed by atoms with E-state index in [0.717, 1.165) is 16.8 Å². The molecule has 2 aliphatic rings. The lowest BCUT2D eigenvalue weighted by molar-refractivity contribution is -0.149. The normalized spacial score (nSPS) is 23.9. The fourth-order valence-corrected chi connectivity index (χ4v) is 5.02. The van der Waals surface area contributed by atoms with E-state index in [2.05, 4.69) is 10.3 Å². The molecule has 37 heavy (non-hydrogen) atoms. The smallest absolute Gasteiger partial charge is 0.255 e. The molecule has 3 heterocycles. The molecule has 8 heteroatoms. The molecule has 8 nitrogen and oxygen atoms in total. The highest BCUT2D eigenvalue weighted by molar-refractivity contribution is 5.94. The van der Waals surface area contributed by atoms with E-state index in [1.54, 1.807) is 23.2 Å². The van der Waals surface area contributed by atoms with Crippen LogP contribution in [0.2, 0.25) is 0 Å². The van der Waals surface area contributed by atoms with Gasteiger partial charge in [-0.25, -0.2) is 0 Å². The SMILES string of the molecule is O=C(C[C@@H]1CC[C@H]2[C@@H](COC[C@@H](O)CN2C(=O)c2cccnc2)O1)Nc1ccc(-c2ccccc2)cc1. The molecule has 2 fully saturated rings. The van der Waals surface area contributed by atoms with Gasteiger partial charge in [0.1, 0.15) is 6.10 Å². The highest BCUT2D eigenvalue weighted by Crippen LogP contribution is 2.29. The van der Waals surface area contributed by atoms with Gasteiger partial charge in [-0.1, -0.05) is 42.5 Å². The first-order chi connectivity index (χ1) is 18.1. The predicted molar refractivity (Wildman–Crippen MR) is 139 cm³/mol. The van der Waals surface area contributed by atoms with Crippen molar-refractivity contribution in [3.05, 3.63) is 84.7 Å². The van der Waals surface area contributed by atoms with Gasteiger partial charge in [0.2, 0.25) is 5.91 Å². The van der Waals surface area contributed by atoms with Crippen LogP contribution in [0.5, 0.6) is 0 Å². The number of aliphatic hydroxyl groups excluding tert-OH is 1. The van der Waals surface area contributed by atoms with Crippen molar-refractivity contribution in [2.45, 2.75) is 43.6 Å². The summed E-state index contributed by atoms with van der Waals surface area (Å²) in [5.41, 5.74) is 3.40. The summed E-state index contributed by atoms with van der Waals surface area (Å²) in [5.74, 6) is -0.316. The number of nitrogens with one attached hydrogen (secondary N) is 1. The van der Waals surface area contributed by atoms with Gasteiger partial charge in [-0.05, 0) is 48.2 Å². The Kier molecular flexibility index (Phi) is 7.89. The fourth-order valence-electron chi connectivity index (χ4n) is 5.02. The Hall–Kier alpha value is -3.59. The number of aliphatic hydroxyl groups is 1. The second-order valence-corrected chi connectivity index (χ2v) is 9.53. The summed E-state index contributed by atoms with van der Waals surface area (Å²) in [6.07, 6.45) is 3.18. The van der Waals surface area contributed by atoms with E-state index in [1.165, 1.54) is 6.20 Å². The lowest BCUT2D eigenvalue weighted by Gasteiger charge is -2.44. The summed E-state index contributed by atoms with van der Waals surface area (Å²) in [7, 11) is 0. The zero-order valence-corrected chi connectivity index (χ0v) is 20.5. The summed E-state index contributed by atoms with van der Waals surface area (Å²) < 4.78 is 11.9. The van der Waals surface area contributed by atoms with E-state index >= 15 is 0 Å². The zero-order valence-electron chi connectivity index (χ0n) is 20.5. The van der Waals surface area contributed by atoms with Gasteiger partial charge in [0.25, 0.3) is 5.91 Å². The van der Waals surface area contributed by atoms with E-state index < -0.39 is 6.10 Å². The minimum atomic E-state index is -0.779. The number of pyridine rings is 1. The van der Waals surface area contributed by atoms with Crippen LogP contribution < -0.4 is 5.32 Å². The van der Waals surface area contributed by atoms with Gasteiger partial charge in [0, 0.05) is 24.6 Å². The number of hydrogen-bond acceptors (Lipinski definition) is 6. The molecule has 0 saturated carbocycles. The van der Waals surface area contributed by atoms with Gasteiger partial charge in [-0.15, -0.1) is 0 Å². The Bertz CT molecular complexity index is 1190. The zero-order chi connectivity index (χ0) is 25.6. The van der Waals surface area contributed by atoms with E-state index in [1.807, 2.05) is 54.6 Å². The van der Waals surface area contributed by atoms with Crippen LogP contribution in [-0.2, 0) is 14.3 Å². The number of ether oxygens (including phenoxy) is 2. The second-order valence-electron chi connectivity index (χ2n) is 9.53. The van der Waals surface area contributed by atoms with Crippen LogP contribution >= 0.6 is 0 Å². The molecule has 0 aliphatic carbocycles. The summed E-state index contributed by atoms with van der Waals surface area (Å²) in [4.78, 5) is 31.8. The lowest BCUT2D eigenvalue weighted by Crippen LogP contribution is -2.57. The lowest BCUT2D eigenvalue weighted by atomic mass is 9.94. The third-order valence-corrected chi connectivity index (χ3v) is 6.84. The standard InChI is InChI=1S/C29H31N3O5/c33-24-17-32(29(35)22-7-4-14-30-16-22)26-13-12-25(37-27(26)19-36-18-24)15-28(34)31-23-10-8-21(9-11-23)20-5-2-1-3-6-20/h1-11,14,16,24-27,33H,12-13,15,17-19H2,(H,31,34)/t24-,25-,26-,27+/m0/s1. The van der Waals surface area contributed by atoms with E-state index in [9.17, 15) is 14.7 Å². The quantitative estimate of drug-likeness (QED) is 0.555. The van der Waals surface area contributed by atoms with Crippen LogP contribution in [0.25, 0.3) is 11.1 Å². The van der Waals surface area contributed by atoms with Crippen LogP contribution in [0.4, 0.5) is 5.69 Å². The Morgan fingerprint density at radius 1 is 0.973 bits per heavy atom. The van der Waals surface area contributed by atoms with Crippen molar-refractivity contribution < 1.29 is 24.2 Å². The molecule has 1 aromatic heterocycles. The maximum absolute atomic E-state index is 13.3. The van der Waals surface area contributed by atoms with Crippen LogP contribution in [0.3, 0.4) is 0 Å². The second kappa shape index (κ2) is 11.6. The number of nitrogens with zero attached hydrogens (tertiary/aromatic N) is 2. The number of fused-ring (bicyclic) bond motifs is 1. The molecule has 0 unspecified atom stereocenters. The van der Waals surface area contributed by atoms with E-state index in [4.69, 9.17) is 9.47 Å². The highest BCUT2D eigenvalue weighted by atomic mass is 16.5. The van der Waals surface area contributed by atoms with Crippen molar-refractivity contribution in [2.75, 3.05) is 25.1 Å². The van der Waals surface area contributed by atoms with Gasteiger partial charge in [-0.2, -0.15) is 0 Å². The van der Waals surface area contributed by atoms with Crippen molar-refractivity contribution >= 4 is 17.5 Å². The number of β-amino-alcohol motifs (C(OH)–C–C–N with tert-alkyl or cyclic N) is 1. The third-order valence-electron chi connectivity index (χ3n) is 6.84. The molecule has 0 bridgehead atoms. The first-order valence-electron chi connectivity index (χ1n) is 12.6. The number of rotatable bonds is 5. The van der Waals surface area contributed by atoms with E-state index in [-0.39, 0.29) is 56.2 Å². The summed E-state index contributed by atoms with van der Waals surface area (Å²) in [6, 6.07) is 21.0. The Labute approximate surface area is 216 Å². The maximum atomic E-state index is 13.3. The molecule has 3 aromatic rings. The number of anilines is 1. The van der Waals surface area contributed by atoms with Crippen LogP contribution in [-0.4, -0.2) is 70.9 Å². The molecular formula is C29H31N3O5. The Balaban J connectivity index is 1.20. The van der Waals surface area contributed by atoms with Crippen molar-refractivity contribution in [3.8, 4) is 11.1 Å². The Morgan fingerprint density at radius 3 is 2.51 bits per heavy atom. The number of aromatic nitrogens is 1. The van der Waals surface area contributed by atoms with Crippen molar-refractivity contribution in [3.63, 3.8) is 0 Å². The average Bonchev–Trinajstić information content (AvgIpc) is 2.92. The highest BCUT2D eigenvalue weighted by Gasteiger charge is 2.40. The minimum absolute atomic E-state index is 0.119. The van der Waals surface area contributed by atoms with Crippen molar-refractivity contribution in [1.29, 1.82) is 0 Å². The van der Waals surface area contributed by atoms with Gasteiger partial charge >= 0.3 is 0 Å². The summed E-state index contributed by atoms with van der Waals surface area (Å²) in [6.45, 7) is 0.521. The third kappa shape index (κ3) is 6.22. The molecule has 2 aliphatic heterocycles. The van der Waals surface area contributed by atoms with Crippen molar-refractivity contribution in [2.24, 2.45) is 0 Å². The van der Waals surface area contributed by atoms with Crippen LogP contribution in [0.1, 0.15) is 29.6 Å². The first kappa shape index (κ1) is 25.1. The molecule has 2 saturated heterocycles. The summed E-state index contributed by atoms with van der Waals surface area (Å²) in [5, 5.41) is 13.3. The van der Waals surface area contributed by atoms with Crippen molar-refractivity contribution in [1.82, 2.24) is 9.88 Å². The van der Waals surface area contributed by atoms with E-state index in [0.29, 0.717) is 18.4 Å². The minimum Gasteiger partial charge on any atom is -0.389 e. The monoisotopic (exact) mass is 501 g/mol. The topological polar surface area (TPSA) is 101 Å². The van der Waals surface area contributed by atoms with Crippen LogP contribution in [0.15, 0.2) is 79.1 Å². The molecule has 2 aromatic carbocycles. The number of amides is 2. The molecule has 2 amide bonds. The molecule has 2 N–H and O–H groups in total. The molecule has 0 radical (unpaired) electrons. The fraction of sp³-hybridized carbons (Fsp3) is 0.345. The molecule has 5 rings (SSSR count). The van der Waals surface area contributed by atoms with Crippen LogP contribution in [0, 0.1) is 0 Å².